The van der Waals surface area contributed by atoms with Crippen LogP contribution in [0.25, 0.3) is 0 Å². The number of aryl methyl sites for hydroxylation is 1. The van der Waals surface area contributed by atoms with Gasteiger partial charge in [0.1, 0.15) is 13.1 Å². The second-order valence-corrected chi connectivity index (χ2v) is 4.35. The van der Waals surface area contributed by atoms with Crippen LogP contribution in [0, 0.1) is 6.92 Å². The maximum absolute atomic E-state index is 11.6. The minimum Gasteiger partial charge on any atom is -0.480 e. The molecular weight excluding hydrogens is 266 g/mol. The number of carboxylic acid groups (broad SMARTS) is 1. The van der Waals surface area contributed by atoms with Gasteiger partial charge in [0.05, 0.1) is 0 Å². The Kier molecular flexibility index (Phi) is 5.25. The van der Waals surface area contributed by atoms with Crippen LogP contribution in [0.2, 0.25) is 0 Å². The molecule has 1 rings (SSSR count). The van der Waals surface area contributed by atoms with Crippen LogP contribution >= 0.6 is 12.2 Å². The molecule has 0 aliphatic rings. The van der Waals surface area contributed by atoms with Crippen molar-refractivity contribution in [3.05, 3.63) is 29.8 Å². The van der Waals surface area contributed by atoms with Gasteiger partial charge in [-0.25, -0.2) is 0 Å². The fourth-order valence-electron chi connectivity index (χ4n) is 1.47. The molecule has 0 saturated heterocycles. The quantitative estimate of drug-likeness (QED) is 0.669. The molecule has 0 unspecified atom stereocenters. The lowest BCUT2D eigenvalue weighted by atomic mass is 10.2. The Bertz CT molecular complexity index is 505. The van der Waals surface area contributed by atoms with E-state index in [1.807, 2.05) is 25.1 Å². The number of thiocarbonyl (C=S) groups is 1. The zero-order chi connectivity index (χ0) is 14.4. The average Bonchev–Trinajstić information content (AvgIpc) is 2.33. The Labute approximate surface area is 116 Å². The topological polar surface area (TPSA) is 95.7 Å². The van der Waals surface area contributed by atoms with Crippen molar-refractivity contribution >= 4 is 34.9 Å². The Morgan fingerprint density at radius 3 is 2.68 bits per heavy atom. The van der Waals surface area contributed by atoms with Crippen LogP contribution < -0.4 is 16.0 Å². The van der Waals surface area contributed by atoms with Crippen molar-refractivity contribution in [1.29, 1.82) is 0 Å². The molecule has 1 aromatic rings. The van der Waals surface area contributed by atoms with E-state index in [9.17, 15) is 9.59 Å². The number of hydrogen-bond donors (Lipinski definition) is 3. The number of rotatable bonds is 5. The summed E-state index contributed by atoms with van der Waals surface area (Å²) in [6.07, 6.45) is 0. The van der Waals surface area contributed by atoms with Crippen molar-refractivity contribution in [2.24, 2.45) is 5.73 Å². The smallest absolute Gasteiger partial charge is 0.322 e. The number of carbonyl (C=O) groups is 2. The number of carbonyl (C=O) groups excluding carboxylic acids is 1. The molecule has 4 N–H and O–H groups in total. The number of amides is 1. The first-order chi connectivity index (χ1) is 8.90. The minimum absolute atomic E-state index is 0.0519. The van der Waals surface area contributed by atoms with Crippen molar-refractivity contribution in [3.8, 4) is 0 Å². The molecule has 1 aromatic carbocycles. The third-order valence-electron chi connectivity index (χ3n) is 2.32. The molecule has 0 saturated carbocycles. The van der Waals surface area contributed by atoms with Gasteiger partial charge in [0, 0.05) is 5.69 Å². The van der Waals surface area contributed by atoms with Crippen LogP contribution in [0.15, 0.2) is 24.3 Å². The van der Waals surface area contributed by atoms with Crippen LogP contribution in [-0.4, -0.2) is 35.2 Å². The average molecular weight is 281 g/mol. The number of carboxylic acids is 1. The minimum atomic E-state index is -1.11. The molecule has 6 nitrogen and oxygen atoms in total. The van der Waals surface area contributed by atoms with Gasteiger partial charge in [-0.3, -0.25) is 9.59 Å². The lowest BCUT2D eigenvalue weighted by Gasteiger charge is -2.22. The second-order valence-electron chi connectivity index (χ2n) is 3.93. The maximum atomic E-state index is 11.6. The molecule has 0 aliphatic carbocycles. The predicted octanol–water partition coefficient (Wildman–Crippen LogP) is 0.246. The van der Waals surface area contributed by atoms with E-state index >= 15 is 0 Å². The van der Waals surface area contributed by atoms with Gasteiger partial charge in [-0.1, -0.05) is 12.1 Å². The van der Waals surface area contributed by atoms with E-state index in [2.05, 4.69) is 5.32 Å². The van der Waals surface area contributed by atoms with E-state index in [-0.39, 0.29) is 11.7 Å². The van der Waals surface area contributed by atoms with Gasteiger partial charge in [-0.2, -0.15) is 0 Å². The summed E-state index contributed by atoms with van der Waals surface area (Å²) in [7, 11) is 0. The van der Waals surface area contributed by atoms with Crippen molar-refractivity contribution in [1.82, 2.24) is 5.32 Å². The van der Waals surface area contributed by atoms with Crippen molar-refractivity contribution in [3.63, 3.8) is 0 Å². The SMILES string of the molecule is Cc1cccc(N(CC(=O)NCC(=O)O)C(N)=S)c1. The van der Waals surface area contributed by atoms with Gasteiger partial charge < -0.3 is 21.1 Å². The first-order valence-corrected chi connectivity index (χ1v) is 5.93. The number of nitrogens with one attached hydrogen (secondary N) is 1. The number of anilines is 1. The number of nitrogens with zero attached hydrogens (tertiary/aromatic N) is 1. The van der Waals surface area contributed by atoms with Gasteiger partial charge in [0.2, 0.25) is 5.91 Å². The summed E-state index contributed by atoms with van der Waals surface area (Å²) in [4.78, 5) is 23.4. The summed E-state index contributed by atoms with van der Waals surface area (Å²) < 4.78 is 0. The standard InChI is InChI=1S/C12H15N3O3S/c1-8-3-2-4-9(5-8)15(12(13)19)7-10(16)14-6-11(17)18/h2-5H,6-7H2,1H3,(H2,13,19)(H,14,16)(H,17,18). The van der Waals surface area contributed by atoms with Gasteiger partial charge in [0.25, 0.3) is 0 Å². The van der Waals surface area contributed by atoms with E-state index in [0.29, 0.717) is 5.69 Å². The molecule has 102 valence electrons. The van der Waals surface area contributed by atoms with Crippen LogP contribution in [0.1, 0.15) is 5.56 Å². The summed E-state index contributed by atoms with van der Waals surface area (Å²) in [6.45, 7) is 1.36. The zero-order valence-electron chi connectivity index (χ0n) is 10.4. The molecule has 19 heavy (non-hydrogen) atoms. The van der Waals surface area contributed by atoms with E-state index in [4.69, 9.17) is 23.1 Å². The third-order valence-corrected chi connectivity index (χ3v) is 2.54. The van der Waals surface area contributed by atoms with Gasteiger partial charge in [0.15, 0.2) is 5.11 Å². The van der Waals surface area contributed by atoms with Gasteiger partial charge in [-0.15, -0.1) is 0 Å². The molecular formula is C12H15N3O3S. The Morgan fingerprint density at radius 1 is 1.47 bits per heavy atom. The largest absolute Gasteiger partial charge is 0.480 e. The molecule has 0 fully saturated rings. The monoisotopic (exact) mass is 281 g/mol. The van der Waals surface area contributed by atoms with E-state index < -0.39 is 18.4 Å². The molecule has 0 radical (unpaired) electrons. The molecule has 0 heterocycles. The van der Waals surface area contributed by atoms with Crippen molar-refractivity contribution < 1.29 is 14.7 Å². The van der Waals surface area contributed by atoms with E-state index in [0.717, 1.165) is 5.56 Å². The molecule has 7 heteroatoms. The highest BCUT2D eigenvalue weighted by atomic mass is 32.1. The summed E-state index contributed by atoms with van der Waals surface area (Å²) in [6, 6.07) is 7.34. The highest BCUT2D eigenvalue weighted by molar-refractivity contribution is 7.80. The van der Waals surface area contributed by atoms with Gasteiger partial charge in [-0.05, 0) is 36.8 Å². The van der Waals surface area contributed by atoms with Crippen molar-refractivity contribution in [2.75, 3.05) is 18.0 Å². The first-order valence-electron chi connectivity index (χ1n) is 5.52. The number of hydrogen-bond acceptors (Lipinski definition) is 3. The lowest BCUT2D eigenvalue weighted by Crippen LogP contribution is -2.44. The Hall–Kier alpha value is -2.15. The third kappa shape index (κ3) is 4.92. The molecule has 0 aromatic heterocycles. The van der Waals surface area contributed by atoms with Crippen molar-refractivity contribution in [2.45, 2.75) is 6.92 Å². The van der Waals surface area contributed by atoms with Crippen LogP contribution in [0.5, 0.6) is 0 Å². The van der Waals surface area contributed by atoms with Gasteiger partial charge >= 0.3 is 5.97 Å². The summed E-state index contributed by atoms with van der Waals surface area (Å²) in [5.41, 5.74) is 7.28. The molecule has 0 bridgehead atoms. The van der Waals surface area contributed by atoms with E-state index in [1.54, 1.807) is 6.07 Å². The highest BCUT2D eigenvalue weighted by Crippen LogP contribution is 2.15. The zero-order valence-corrected chi connectivity index (χ0v) is 11.2. The predicted molar refractivity (Wildman–Crippen MR) is 76.0 cm³/mol. The summed E-state index contributed by atoms with van der Waals surface area (Å²) in [5.74, 6) is -1.57. The fraction of sp³-hybridized carbons (Fsp3) is 0.250. The maximum Gasteiger partial charge on any atom is 0.322 e. The lowest BCUT2D eigenvalue weighted by molar-refractivity contribution is -0.137. The number of nitrogens with two attached hydrogens (primary N) is 1. The number of benzene rings is 1. The fourth-order valence-corrected chi connectivity index (χ4v) is 1.64. The van der Waals surface area contributed by atoms with Crippen LogP contribution in [0.4, 0.5) is 5.69 Å². The summed E-state index contributed by atoms with van der Waals surface area (Å²) in [5, 5.41) is 10.8. The first kappa shape index (κ1) is 14.9. The Morgan fingerprint density at radius 2 is 2.16 bits per heavy atom. The molecule has 0 aliphatic heterocycles. The van der Waals surface area contributed by atoms with Crippen LogP contribution in [0.3, 0.4) is 0 Å². The molecule has 0 atom stereocenters. The van der Waals surface area contributed by atoms with Crippen LogP contribution in [-0.2, 0) is 9.59 Å². The second kappa shape index (κ2) is 6.69. The summed E-state index contributed by atoms with van der Waals surface area (Å²) >= 11 is 4.90. The normalized spacial score (nSPS) is 9.74. The molecule has 0 spiro atoms. The number of aliphatic carboxylic acids is 1. The highest BCUT2D eigenvalue weighted by Gasteiger charge is 2.14. The Balaban J connectivity index is 2.76. The van der Waals surface area contributed by atoms with E-state index in [1.165, 1.54) is 4.90 Å². The molecule has 1 amide bonds.